The second kappa shape index (κ2) is 4.21. The molecule has 1 aliphatic rings. The lowest BCUT2D eigenvalue weighted by molar-refractivity contribution is -0.145. The molecule has 86 valence electrons. The van der Waals surface area contributed by atoms with Crippen LogP contribution in [0.15, 0.2) is 5.51 Å². The zero-order valence-electron chi connectivity index (χ0n) is 8.77. The van der Waals surface area contributed by atoms with Gasteiger partial charge >= 0.3 is 5.97 Å². The van der Waals surface area contributed by atoms with Crippen LogP contribution < -0.4 is 5.32 Å². The highest BCUT2D eigenvalue weighted by molar-refractivity contribution is 7.11. The quantitative estimate of drug-likeness (QED) is 0.827. The molecule has 2 N–H and O–H groups in total. The third kappa shape index (κ3) is 2.06. The molecule has 0 atom stereocenters. The molecule has 1 aliphatic carbocycles. The second-order valence-corrected chi connectivity index (χ2v) is 4.80. The maximum atomic E-state index is 11.7. The lowest BCUT2D eigenvalue weighted by Crippen LogP contribution is -2.46. The van der Waals surface area contributed by atoms with E-state index in [0.717, 1.165) is 5.69 Å². The van der Waals surface area contributed by atoms with Crippen molar-refractivity contribution in [2.75, 3.05) is 0 Å². The molecule has 0 radical (unpaired) electrons. The predicted molar refractivity (Wildman–Crippen MR) is 58.5 cm³/mol. The number of carboxylic acid groups (broad SMARTS) is 1. The Labute approximate surface area is 96.5 Å². The summed E-state index contributed by atoms with van der Waals surface area (Å²) in [5.41, 5.74) is 2.35. The molecule has 1 heterocycles. The number of thiazole rings is 1. The number of carbonyl (C=O) groups excluding carboxylic acids is 1. The van der Waals surface area contributed by atoms with E-state index in [-0.39, 0.29) is 17.9 Å². The summed E-state index contributed by atoms with van der Waals surface area (Å²) < 4.78 is 0. The molecule has 1 aromatic rings. The van der Waals surface area contributed by atoms with Gasteiger partial charge in [0.25, 0.3) is 5.91 Å². The number of aromatic nitrogens is 1. The Morgan fingerprint density at radius 1 is 1.56 bits per heavy atom. The zero-order chi connectivity index (χ0) is 11.7. The van der Waals surface area contributed by atoms with E-state index >= 15 is 0 Å². The number of hydrogen-bond acceptors (Lipinski definition) is 4. The fourth-order valence-electron chi connectivity index (χ4n) is 1.71. The molecule has 0 aliphatic heterocycles. The molecule has 0 aromatic carbocycles. The molecule has 0 saturated heterocycles. The Morgan fingerprint density at radius 2 is 2.25 bits per heavy atom. The monoisotopic (exact) mass is 240 g/mol. The largest absolute Gasteiger partial charge is 0.481 e. The normalized spacial score (nSPS) is 23.6. The molecule has 0 unspecified atom stereocenters. The Balaban J connectivity index is 1.87. The van der Waals surface area contributed by atoms with Crippen LogP contribution in [-0.4, -0.2) is 28.0 Å². The smallest absolute Gasteiger partial charge is 0.306 e. The van der Waals surface area contributed by atoms with Gasteiger partial charge in [0, 0.05) is 6.04 Å². The highest BCUT2D eigenvalue weighted by atomic mass is 32.1. The summed E-state index contributed by atoms with van der Waals surface area (Å²) in [5.74, 6) is -1.22. The summed E-state index contributed by atoms with van der Waals surface area (Å²) in [5, 5.41) is 11.5. The van der Waals surface area contributed by atoms with Crippen LogP contribution in [0.3, 0.4) is 0 Å². The Hall–Kier alpha value is -1.43. The molecule has 1 aromatic heterocycles. The summed E-state index contributed by atoms with van der Waals surface area (Å²) in [7, 11) is 0. The first-order chi connectivity index (χ1) is 7.58. The Bertz CT molecular complexity index is 423. The second-order valence-electron chi connectivity index (χ2n) is 3.94. The van der Waals surface area contributed by atoms with Crippen LogP contribution in [-0.2, 0) is 4.79 Å². The lowest BCUT2D eigenvalue weighted by atomic mass is 9.80. The Morgan fingerprint density at radius 3 is 2.75 bits per heavy atom. The van der Waals surface area contributed by atoms with Crippen molar-refractivity contribution >= 4 is 23.2 Å². The topological polar surface area (TPSA) is 79.3 Å². The van der Waals surface area contributed by atoms with Gasteiger partial charge in [0.05, 0.1) is 17.1 Å². The van der Waals surface area contributed by atoms with Crippen molar-refractivity contribution in [3.63, 3.8) is 0 Å². The molecule has 0 bridgehead atoms. The fraction of sp³-hybridized carbons (Fsp3) is 0.500. The van der Waals surface area contributed by atoms with E-state index in [1.54, 1.807) is 12.4 Å². The molecule has 16 heavy (non-hydrogen) atoms. The molecular formula is C10H12N2O3S. The molecule has 2 rings (SSSR count). The van der Waals surface area contributed by atoms with Gasteiger partial charge in [-0.05, 0) is 19.8 Å². The zero-order valence-corrected chi connectivity index (χ0v) is 9.58. The number of carboxylic acids is 1. The van der Waals surface area contributed by atoms with Crippen molar-refractivity contribution in [2.45, 2.75) is 25.8 Å². The van der Waals surface area contributed by atoms with Gasteiger partial charge in [-0.3, -0.25) is 9.59 Å². The number of aliphatic carboxylic acids is 1. The summed E-state index contributed by atoms with van der Waals surface area (Å²) in [6, 6.07) is -0.00454. The van der Waals surface area contributed by atoms with Crippen LogP contribution in [0.25, 0.3) is 0 Å². The maximum absolute atomic E-state index is 11.7. The van der Waals surface area contributed by atoms with Gasteiger partial charge in [0.1, 0.15) is 4.88 Å². The first kappa shape index (κ1) is 11.1. The van der Waals surface area contributed by atoms with Gasteiger partial charge in [-0.15, -0.1) is 11.3 Å². The third-order valence-corrected chi connectivity index (χ3v) is 3.70. The number of aryl methyl sites for hydroxylation is 1. The van der Waals surface area contributed by atoms with E-state index in [9.17, 15) is 9.59 Å². The van der Waals surface area contributed by atoms with Crippen LogP contribution in [0.5, 0.6) is 0 Å². The molecule has 1 amide bonds. The minimum atomic E-state index is -0.778. The first-order valence-corrected chi connectivity index (χ1v) is 5.89. The number of amides is 1. The number of nitrogens with one attached hydrogen (secondary N) is 1. The molecule has 5 nitrogen and oxygen atoms in total. The maximum Gasteiger partial charge on any atom is 0.306 e. The molecule has 0 spiro atoms. The molecule has 1 fully saturated rings. The fourth-order valence-corrected chi connectivity index (χ4v) is 2.41. The average molecular weight is 240 g/mol. The summed E-state index contributed by atoms with van der Waals surface area (Å²) in [4.78, 5) is 26.9. The summed E-state index contributed by atoms with van der Waals surface area (Å²) in [6.45, 7) is 1.78. The predicted octanol–water partition coefficient (Wildman–Crippen LogP) is 1.04. The average Bonchev–Trinajstić information content (AvgIpc) is 2.56. The van der Waals surface area contributed by atoms with E-state index in [1.807, 2.05) is 0 Å². The van der Waals surface area contributed by atoms with E-state index in [2.05, 4.69) is 10.3 Å². The van der Waals surface area contributed by atoms with Crippen molar-refractivity contribution in [1.29, 1.82) is 0 Å². The minimum Gasteiger partial charge on any atom is -0.481 e. The van der Waals surface area contributed by atoms with E-state index in [0.29, 0.717) is 17.7 Å². The van der Waals surface area contributed by atoms with Crippen molar-refractivity contribution < 1.29 is 14.7 Å². The Kier molecular flexibility index (Phi) is 2.91. The van der Waals surface area contributed by atoms with Gasteiger partial charge in [-0.2, -0.15) is 0 Å². The van der Waals surface area contributed by atoms with Crippen LogP contribution in [0.4, 0.5) is 0 Å². The van der Waals surface area contributed by atoms with E-state index in [1.165, 1.54) is 11.3 Å². The van der Waals surface area contributed by atoms with Crippen LogP contribution in [0.1, 0.15) is 28.2 Å². The van der Waals surface area contributed by atoms with Gasteiger partial charge in [-0.1, -0.05) is 0 Å². The minimum absolute atomic E-state index is 0.00454. The number of carbonyl (C=O) groups is 2. The van der Waals surface area contributed by atoms with Gasteiger partial charge < -0.3 is 10.4 Å². The van der Waals surface area contributed by atoms with Crippen molar-refractivity contribution in [2.24, 2.45) is 5.92 Å². The highest BCUT2D eigenvalue weighted by Crippen LogP contribution is 2.28. The summed E-state index contributed by atoms with van der Waals surface area (Å²) in [6.07, 6.45) is 1.05. The first-order valence-electron chi connectivity index (χ1n) is 5.01. The summed E-state index contributed by atoms with van der Waals surface area (Å²) >= 11 is 1.30. The van der Waals surface area contributed by atoms with Crippen LogP contribution >= 0.6 is 11.3 Å². The molecule has 6 heteroatoms. The highest BCUT2D eigenvalue weighted by Gasteiger charge is 2.35. The number of nitrogens with zero attached hydrogens (tertiary/aromatic N) is 1. The lowest BCUT2D eigenvalue weighted by Gasteiger charge is -2.32. The SMILES string of the molecule is Cc1ncsc1C(=O)NC1CC(C(=O)O)C1. The van der Waals surface area contributed by atoms with E-state index < -0.39 is 5.97 Å². The van der Waals surface area contributed by atoms with Gasteiger partial charge in [0.15, 0.2) is 0 Å². The molecule has 1 saturated carbocycles. The van der Waals surface area contributed by atoms with Gasteiger partial charge in [-0.25, -0.2) is 4.98 Å². The third-order valence-electron chi connectivity index (χ3n) is 2.77. The van der Waals surface area contributed by atoms with Crippen molar-refractivity contribution in [3.05, 3.63) is 16.1 Å². The van der Waals surface area contributed by atoms with Crippen molar-refractivity contribution in [3.8, 4) is 0 Å². The van der Waals surface area contributed by atoms with Gasteiger partial charge in [0.2, 0.25) is 0 Å². The molecular weight excluding hydrogens is 228 g/mol. The standard InChI is InChI=1S/C10H12N2O3S/c1-5-8(16-4-11-5)9(13)12-7-2-6(3-7)10(14)15/h4,6-7H,2-3H2,1H3,(H,12,13)(H,14,15). The van der Waals surface area contributed by atoms with E-state index in [4.69, 9.17) is 5.11 Å². The van der Waals surface area contributed by atoms with Crippen LogP contribution in [0, 0.1) is 12.8 Å². The number of rotatable bonds is 3. The van der Waals surface area contributed by atoms with Crippen LogP contribution in [0.2, 0.25) is 0 Å². The van der Waals surface area contributed by atoms with Crippen molar-refractivity contribution in [1.82, 2.24) is 10.3 Å². The number of hydrogen-bond donors (Lipinski definition) is 2.